The summed E-state index contributed by atoms with van der Waals surface area (Å²) in [7, 11) is 1.59. The summed E-state index contributed by atoms with van der Waals surface area (Å²) in [5, 5.41) is 5.83. The van der Waals surface area contributed by atoms with Crippen molar-refractivity contribution in [1.29, 1.82) is 0 Å². The second-order valence-corrected chi connectivity index (χ2v) is 5.23. The van der Waals surface area contributed by atoms with Crippen molar-refractivity contribution in [1.82, 2.24) is 10.6 Å². The molecule has 0 saturated heterocycles. The van der Waals surface area contributed by atoms with Crippen LogP contribution in [0.5, 0.6) is 0 Å². The molecule has 0 aromatic heterocycles. The predicted octanol–water partition coefficient (Wildman–Crippen LogP) is 1.35. The highest BCUT2D eigenvalue weighted by Crippen LogP contribution is 2.11. The number of carbonyl (C=O) groups is 2. The lowest BCUT2D eigenvalue weighted by Crippen LogP contribution is -2.45. The third-order valence-electron chi connectivity index (χ3n) is 2.73. The first kappa shape index (κ1) is 16.1. The van der Waals surface area contributed by atoms with Crippen molar-refractivity contribution in [3.8, 4) is 0 Å². The number of rotatable bonds is 7. The number of nitrogens with one attached hydrogen (secondary N) is 2. The number of Topliss-reactive ketones (excluding diaryl/α,β-unsaturated/α-hetero) is 1. The van der Waals surface area contributed by atoms with Crippen LogP contribution < -0.4 is 10.6 Å². The monoisotopic (exact) mass is 242 g/mol. The summed E-state index contributed by atoms with van der Waals surface area (Å²) in [5.74, 6) is 0.0136. The Labute approximate surface area is 105 Å². The summed E-state index contributed by atoms with van der Waals surface area (Å²) in [4.78, 5) is 23.5. The first-order valence-electron chi connectivity index (χ1n) is 6.29. The Balaban J connectivity index is 4.47. The Morgan fingerprint density at radius 1 is 1.06 bits per heavy atom. The van der Waals surface area contributed by atoms with Gasteiger partial charge in [-0.1, -0.05) is 34.6 Å². The largest absolute Gasteiger partial charge is 0.359 e. The fraction of sp³-hybridized carbons (Fsp3) is 0.846. The molecule has 0 heterocycles. The lowest BCUT2D eigenvalue weighted by atomic mass is 9.92. The van der Waals surface area contributed by atoms with Crippen LogP contribution in [0.15, 0.2) is 0 Å². The van der Waals surface area contributed by atoms with Gasteiger partial charge in [-0.25, -0.2) is 0 Å². The zero-order valence-electron chi connectivity index (χ0n) is 11.8. The van der Waals surface area contributed by atoms with E-state index >= 15 is 0 Å². The van der Waals surface area contributed by atoms with Crippen LogP contribution in [0.4, 0.5) is 0 Å². The topological polar surface area (TPSA) is 58.2 Å². The summed E-state index contributed by atoms with van der Waals surface area (Å²) in [6, 6.07) is 0.101. The standard InChI is InChI=1S/C13H26N2O2/c1-8(2)12(15-9(3)4)11(16)7-10(5)13(17)14-6/h8-10,12,15H,7H2,1-6H3,(H,14,17)/t10-,12+/m1/s1. The van der Waals surface area contributed by atoms with Crippen LogP contribution in [0.1, 0.15) is 41.0 Å². The number of carbonyl (C=O) groups excluding carboxylic acids is 2. The molecular formula is C13H26N2O2. The van der Waals surface area contributed by atoms with Crippen LogP contribution in [0, 0.1) is 11.8 Å². The molecule has 100 valence electrons. The van der Waals surface area contributed by atoms with E-state index in [0.717, 1.165) is 0 Å². The Hall–Kier alpha value is -0.900. The summed E-state index contributed by atoms with van der Waals surface area (Å²) < 4.78 is 0. The molecular weight excluding hydrogens is 216 g/mol. The second-order valence-electron chi connectivity index (χ2n) is 5.23. The van der Waals surface area contributed by atoms with E-state index in [0.29, 0.717) is 6.42 Å². The van der Waals surface area contributed by atoms with E-state index in [1.54, 1.807) is 14.0 Å². The van der Waals surface area contributed by atoms with Gasteiger partial charge in [0.2, 0.25) is 5.91 Å². The zero-order valence-corrected chi connectivity index (χ0v) is 11.8. The van der Waals surface area contributed by atoms with E-state index < -0.39 is 0 Å². The lowest BCUT2D eigenvalue weighted by molar-refractivity contribution is -0.130. The maximum absolute atomic E-state index is 12.1. The molecule has 0 aliphatic rings. The molecule has 17 heavy (non-hydrogen) atoms. The van der Waals surface area contributed by atoms with E-state index in [2.05, 4.69) is 10.6 Å². The quantitative estimate of drug-likeness (QED) is 0.708. The second kappa shape index (κ2) is 7.43. The van der Waals surface area contributed by atoms with Gasteiger partial charge in [0, 0.05) is 25.4 Å². The summed E-state index contributed by atoms with van der Waals surface area (Å²) in [5.41, 5.74) is 0. The minimum Gasteiger partial charge on any atom is -0.359 e. The number of hydrogen-bond acceptors (Lipinski definition) is 3. The molecule has 2 N–H and O–H groups in total. The van der Waals surface area contributed by atoms with Crippen molar-refractivity contribution in [2.45, 2.75) is 53.1 Å². The van der Waals surface area contributed by atoms with Crippen LogP contribution in [0.3, 0.4) is 0 Å². The van der Waals surface area contributed by atoms with Gasteiger partial charge in [0.05, 0.1) is 6.04 Å². The van der Waals surface area contributed by atoms with E-state index in [4.69, 9.17) is 0 Å². The van der Waals surface area contributed by atoms with Crippen molar-refractivity contribution in [3.05, 3.63) is 0 Å². The maximum Gasteiger partial charge on any atom is 0.223 e. The van der Waals surface area contributed by atoms with E-state index in [1.165, 1.54) is 0 Å². The smallest absolute Gasteiger partial charge is 0.223 e. The third kappa shape index (κ3) is 5.82. The fourth-order valence-corrected chi connectivity index (χ4v) is 1.78. The molecule has 4 heteroatoms. The van der Waals surface area contributed by atoms with Crippen molar-refractivity contribution in [2.75, 3.05) is 7.05 Å². The van der Waals surface area contributed by atoms with Gasteiger partial charge < -0.3 is 10.6 Å². The molecule has 0 unspecified atom stereocenters. The Morgan fingerprint density at radius 3 is 1.94 bits per heavy atom. The first-order valence-corrected chi connectivity index (χ1v) is 6.29. The minimum absolute atomic E-state index is 0.0783. The fourth-order valence-electron chi connectivity index (χ4n) is 1.78. The highest BCUT2D eigenvalue weighted by molar-refractivity contribution is 5.89. The SMILES string of the molecule is CNC(=O)[C@H](C)CC(=O)[C@@H](NC(C)C)C(C)C. The van der Waals surface area contributed by atoms with Crippen LogP contribution in [0.2, 0.25) is 0 Å². The third-order valence-corrected chi connectivity index (χ3v) is 2.73. The molecule has 0 radical (unpaired) electrons. The molecule has 0 aromatic carbocycles. The molecule has 4 nitrogen and oxygen atoms in total. The van der Waals surface area contributed by atoms with Gasteiger partial charge in [0.15, 0.2) is 5.78 Å². The molecule has 0 bridgehead atoms. The highest BCUT2D eigenvalue weighted by Gasteiger charge is 2.25. The zero-order chi connectivity index (χ0) is 13.6. The highest BCUT2D eigenvalue weighted by atomic mass is 16.2. The van der Waals surface area contributed by atoms with Crippen molar-refractivity contribution < 1.29 is 9.59 Å². The van der Waals surface area contributed by atoms with Crippen LogP contribution in [-0.4, -0.2) is 30.8 Å². The van der Waals surface area contributed by atoms with E-state index in [-0.39, 0.29) is 35.6 Å². The normalized spacial score (nSPS) is 14.8. The minimum atomic E-state index is -0.261. The van der Waals surface area contributed by atoms with Crippen LogP contribution >= 0.6 is 0 Å². The van der Waals surface area contributed by atoms with Crippen LogP contribution in [0.25, 0.3) is 0 Å². The van der Waals surface area contributed by atoms with Crippen molar-refractivity contribution in [2.24, 2.45) is 11.8 Å². The average Bonchev–Trinajstić information content (AvgIpc) is 2.23. The molecule has 0 aromatic rings. The molecule has 2 atom stereocenters. The summed E-state index contributed by atoms with van der Waals surface area (Å²) >= 11 is 0. The van der Waals surface area contributed by atoms with Gasteiger partial charge in [-0.3, -0.25) is 9.59 Å². The van der Waals surface area contributed by atoms with Gasteiger partial charge in [-0.2, -0.15) is 0 Å². The first-order chi connectivity index (χ1) is 7.79. The molecule has 0 fully saturated rings. The molecule has 0 rings (SSSR count). The lowest BCUT2D eigenvalue weighted by Gasteiger charge is -2.24. The van der Waals surface area contributed by atoms with E-state index in [1.807, 2.05) is 27.7 Å². The number of ketones is 1. The van der Waals surface area contributed by atoms with Crippen molar-refractivity contribution in [3.63, 3.8) is 0 Å². The van der Waals surface area contributed by atoms with Gasteiger partial charge in [0.1, 0.15) is 0 Å². The van der Waals surface area contributed by atoms with Gasteiger partial charge >= 0.3 is 0 Å². The summed E-state index contributed by atoms with van der Waals surface area (Å²) in [6.45, 7) is 9.85. The summed E-state index contributed by atoms with van der Waals surface area (Å²) in [6.07, 6.45) is 0.294. The molecule has 0 aliphatic carbocycles. The van der Waals surface area contributed by atoms with Crippen LogP contribution in [-0.2, 0) is 9.59 Å². The van der Waals surface area contributed by atoms with Gasteiger partial charge in [-0.05, 0) is 5.92 Å². The van der Waals surface area contributed by atoms with Crippen molar-refractivity contribution >= 4 is 11.7 Å². The molecule has 0 saturated carbocycles. The van der Waals surface area contributed by atoms with E-state index in [9.17, 15) is 9.59 Å². The van der Waals surface area contributed by atoms with Gasteiger partial charge in [0.25, 0.3) is 0 Å². The molecule has 1 amide bonds. The Kier molecular flexibility index (Phi) is 7.04. The predicted molar refractivity (Wildman–Crippen MR) is 69.8 cm³/mol. The average molecular weight is 242 g/mol. The number of amides is 1. The Bertz CT molecular complexity index is 262. The molecule has 0 aliphatic heterocycles. The Morgan fingerprint density at radius 2 is 1.59 bits per heavy atom. The maximum atomic E-state index is 12.1. The number of hydrogen-bond donors (Lipinski definition) is 2. The van der Waals surface area contributed by atoms with Gasteiger partial charge in [-0.15, -0.1) is 0 Å². The molecule has 0 spiro atoms.